The van der Waals surface area contributed by atoms with Crippen molar-refractivity contribution in [3.63, 3.8) is 0 Å². The molecule has 1 unspecified atom stereocenters. The van der Waals surface area contributed by atoms with Crippen LogP contribution in [0.1, 0.15) is 18.2 Å². The maximum Gasteiger partial charge on any atom is 0.341 e. The molecular weight excluding hydrogens is 486 g/mol. The monoisotopic (exact) mass is 515 g/mol. The predicted octanol–water partition coefficient (Wildman–Crippen LogP) is 2.19. The molecule has 1 N–H and O–H groups in total. The van der Waals surface area contributed by atoms with E-state index in [0.717, 1.165) is 37.1 Å². The summed E-state index contributed by atoms with van der Waals surface area (Å²) in [6.07, 6.45) is 2.12. The van der Waals surface area contributed by atoms with E-state index in [1.54, 1.807) is 26.4 Å². The molecule has 36 heavy (non-hydrogen) atoms. The van der Waals surface area contributed by atoms with Crippen LogP contribution < -0.4 is 15.2 Å². The number of ether oxygens (including phenoxy) is 2. The van der Waals surface area contributed by atoms with E-state index in [-0.39, 0.29) is 5.75 Å². The van der Waals surface area contributed by atoms with Gasteiger partial charge in [0.05, 0.1) is 29.0 Å². The molecule has 1 atom stereocenters. The van der Waals surface area contributed by atoms with E-state index in [2.05, 4.69) is 21.7 Å². The normalized spacial score (nSPS) is 16.4. The maximum absolute atomic E-state index is 12.5. The van der Waals surface area contributed by atoms with Crippen molar-refractivity contribution in [2.75, 3.05) is 51.4 Å². The number of rotatable bonds is 9. The number of aliphatic carboxylic acids is 1. The Bertz CT molecular complexity index is 1310. The summed E-state index contributed by atoms with van der Waals surface area (Å²) in [5.41, 5.74) is 1.97. The summed E-state index contributed by atoms with van der Waals surface area (Å²) in [5.74, 6) is -0.503. The first-order valence-corrected chi connectivity index (χ1v) is 12.1. The van der Waals surface area contributed by atoms with Gasteiger partial charge in [0.25, 0.3) is 5.56 Å². The number of carboxylic acids is 1. The smallest absolute Gasteiger partial charge is 0.341 e. The lowest BCUT2D eigenvalue weighted by atomic mass is 10.1. The van der Waals surface area contributed by atoms with E-state index in [0.29, 0.717) is 41.3 Å². The van der Waals surface area contributed by atoms with Crippen LogP contribution in [-0.4, -0.2) is 83.1 Å². The SMILES string of the molecule is COCCN1CCN(c2ncc(Cl)c(Cc3ccc4c(c3)cc(OCC(=O)O)c(=O)n4C)n2)CC1C. The van der Waals surface area contributed by atoms with Crippen molar-refractivity contribution >= 4 is 34.4 Å². The third-order valence-electron chi connectivity index (χ3n) is 6.41. The van der Waals surface area contributed by atoms with Crippen molar-refractivity contribution in [3.8, 4) is 5.75 Å². The van der Waals surface area contributed by atoms with Gasteiger partial charge in [0.1, 0.15) is 0 Å². The van der Waals surface area contributed by atoms with Crippen molar-refractivity contribution in [1.29, 1.82) is 0 Å². The van der Waals surface area contributed by atoms with Gasteiger partial charge < -0.3 is 24.0 Å². The molecule has 0 amide bonds. The molecule has 10 nitrogen and oxygen atoms in total. The molecule has 3 aromatic rings. The number of aryl methyl sites for hydroxylation is 1. The van der Waals surface area contributed by atoms with E-state index in [1.807, 2.05) is 18.2 Å². The van der Waals surface area contributed by atoms with E-state index in [1.165, 1.54) is 4.57 Å². The van der Waals surface area contributed by atoms with E-state index in [4.69, 9.17) is 31.2 Å². The Morgan fingerprint density at radius 2 is 2.08 bits per heavy atom. The minimum Gasteiger partial charge on any atom is -0.479 e. The highest BCUT2D eigenvalue weighted by Gasteiger charge is 2.25. The van der Waals surface area contributed by atoms with Crippen molar-refractivity contribution in [3.05, 3.63) is 57.1 Å². The van der Waals surface area contributed by atoms with Gasteiger partial charge in [-0.05, 0) is 30.7 Å². The molecular formula is C25H30ClN5O5. The second kappa shape index (κ2) is 11.2. The predicted molar refractivity (Wildman–Crippen MR) is 137 cm³/mol. The zero-order valence-electron chi connectivity index (χ0n) is 20.6. The second-order valence-electron chi connectivity index (χ2n) is 8.91. The summed E-state index contributed by atoms with van der Waals surface area (Å²) in [4.78, 5) is 37.2. The van der Waals surface area contributed by atoms with Crippen molar-refractivity contribution in [1.82, 2.24) is 19.4 Å². The number of nitrogens with zero attached hydrogens (tertiary/aromatic N) is 5. The Balaban J connectivity index is 1.55. The van der Waals surface area contributed by atoms with Gasteiger partial charge in [-0.2, -0.15) is 0 Å². The number of halogens is 1. The average molecular weight is 516 g/mol. The number of piperazine rings is 1. The lowest BCUT2D eigenvalue weighted by Crippen LogP contribution is -2.53. The molecule has 1 aliphatic rings. The van der Waals surface area contributed by atoms with Crippen LogP contribution in [0.2, 0.25) is 5.02 Å². The molecule has 0 radical (unpaired) electrons. The van der Waals surface area contributed by atoms with E-state index < -0.39 is 18.1 Å². The van der Waals surface area contributed by atoms with Gasteiger partial charge in [0, 0.05) is 58.2 Å². The molecule has 0 aliphatic carbocycles. The Labute approximate surface area is 214 Å². The van der Waals surface area contributed by atoms with Crippen LogP contribution in [0.25, 0.3) is 10.9 Å². The van der Waals surface area contributed by atoms with E-state index >= 15 is 0 Å². The molecule has 3 heterocycles. The number of methoxy groups -OCH3 is 1. The quantitative estimate of drug-likeness (QED) is 0.458. The Morgan fingerprint density at radius 3 is 2.81 bits per heavy atom. The van der Waals surface area contributed by atoms with Crippen molar-refractivity contribution < 1.29 is 19.4 Å². The Morgan fingerprint density at radius 1 is 1.28 bits per heavy atom. The summed E-state index contributed by atoms with van der Waals surface area (Å²) in [5, 5.41) is 10.1. The molecule has 0 spiro atoms. The number of carbonyl (C=O) groups is 1. The molecule has 4 rings (SSSR count). The molecule has 192 valence electrons. The first kappa shape index (κ1) is 25.9. The highest BCUT2D eigenvalue weighted by atomic mass is 35.5. The van der Waals surface area contributed by atoms with Crippen LogP contribution in [-0.2, 0) is 23.0 Å². The van der Waals surface area contributed by atoms with Gasteiger partial charge in [-0.15, -0.1) is 0 Å². The Hall–Kier alpha value is -3.21. The fourth-order valence-electron chi connectivity index (χ4n) is 4.43. The second-order valence-corrected chi connectivity index (χ2v) is 9.32. The van der Waals surface area contributed by atoms with Crippen LogP contribution in [0.15, 0.2) is 35.3 Å². The van der Waals surface area contributed by atoms with Crippen LogP contribution in [0.3, 0.4) is 0 Å². The topological polar surface area (TPSA) is 110 Å². The summed E-state index contributed by atoms with van der Waals surface area (Å²) >= 11 is 6.47. The van der Waals surface area contributed by atoms with Crippen molar-refractivity contribution in [2.45, 2.75) is 19.4 Å². The summed E-state index contributed by atoms with van der Waals surface area (Å²) in [6, 6.07) is 7.62. The molecule has 2 aromatic heterocycles. The number of pyridine rings is 1. The van der Waals surface area contributed by atoms with Crippen LogP contribution in [0.4, 0.5) is 5.95 Å². The van der Waals surface area contributed by atoms with Crippen LogP contribution in [0.5, 0.6) is 5.75 Å². The number of aromatic nitrogens is 3. The third kappa shape index (κ3) is 5.77. The maximum atomic E-state index is 12.5. The van der Waals surface area contributed by atoms with Gasteiger partial charge in [-0.25, -0.2) is 14.8 Å². The molecule has 1 aliphatic heterocycles. The lowest BCUT2D eigenvalue weighted by Gasteiger charge is -2.39. The number of hydrogen-bond acceptors (Lipinski definition) is 8. The standard InChI is InChI=1S/C25H30ClN5O5/c1-16-14-31(7-6-30(16)8-9-35-3)25-27-13-19(26)20(28-25)11-17-4-5-21-18(10-17)12-22(24(34)29(21)2)36-15-23(32)33/h4-5,10,12-13,16H,6-9,11,14-15H2,1-3H3,(H,32,33). The first-order valence-electron chi connectivity index (χ1n) is 11.7. The lowest BCUT2D eigenvalue weighted by molar-refractivity contribution is -0.139. The molecule has 1 fully saturated rings. The van der Waals surface area contributed by atoms with Gasteiger partial charge in [0.15, 0.2) is 12.4 Å². The highest BCUT2D eigenvalue weighted by Crippen LogP contribution is 2.24. The zero-order chi connectivity index (χ0) is 25.8. The van der Waals surface area contributed by atoms with Crippen molar-refractivity contribution in [2.24, 2.45) is 7.05 Å². The summed E-state index contributed by atoms with van der Waals surface area (Å²) in [7, 11) is 3.34. The third-order valence-corrected chi connectivity index (χ3v) is 6.73. The highest BCUT2D eigenvalue weighted by molar-refractivity contribution is 6.31. The van der Waals surface area contributed by atoms with Crippen LogP contribution in [0, 0.1) is 0 Å². The Kier molecular flexibility index (Phi) is 8.07. The van der Waals surface area contributed by atoms with E-state index in [9.17, 15) is 9.59 Å². The van der Waals surface area contributed by atoms with Gasteiger partial charge in [0.2, 0.25) is 5.95 Å². The minimum absolute atomic E-state index is 0.00864. The molecule has 1 saturated heterocycles. The molecule has 0 saturated carbocycles. The molecule has 0 bridgehead atoms. The number of benzene rings is 1. The zero-order valence-corrected chi connectivity index (χ0v) is 21.4. The summed E-state index contributed by atoms with van der Waals surface area (Å²) in [6.45, 7) is 5.75. The minimum atomic E-state index is -1.15. The fourth-order valence-corrected chi connectivity index (χ4v) is 4.59. The fraction of sp³-hybridized carbons (Fsp3) is 0.440. The van der Waals surface area contributed by atoms with Gasteiger partial charge >= 0.3 is 5.97 Å². The largest absolute Gasteiger partial charge is 0.479 e. The summed E-state index contributed by atoms with van der Waals surface area (Å²) < 4.78 is 11.9. The average Bonchev–Trinajstić information content (AvgIpc) is 2.85. The van der Waals surface area contributed by atoms with Gasteiger partial charge in [-0.3, -0.25) is 9.69 Å². The van der Waals surface area contributed by atoms with Crippen LogP contribution >= 0.6 is 11.6 Å². The number of anilines is 1. The number of hydrogen-bond donors (Lipinski definition) is 1. The number of carboxylic acid groups (broad SMARTS) is 1. The van der Waals surface area contributed by atoms with Gasteiger partial charge in [-0.1, -0.05) is 17.7 Å². The molecule has 1 aromatic carbocycles. The molecule has 11 heteroatoms. The first-order chi connectivity index (χ1) is 17.3. The number of fused-ring (bicyclic) bond motifs is 1.